The zero-order valence-corrected chi connectivity index (χ0v) is 17.0. The number of rotatable bonds is 5. The lowest BCUT2D eigenvalue weighted by molar-refractivity contribution is -0.384. The number of non-ortho nitro benzene ring substituents is 1. The Labute approximate surface area is 180 Å². The molecule has 11 heteroatoms. The Morgan fingerprint density at radius 3 is 2.97 bits per heavy atom. The molecule has 1 fully saturated rings. The second-order valence-corrected chi connectivity index (χ2v) is 7.50. The number of nitro benzene ring substituents is 1. The van der Waals surface area contributed by atoms with Crippen molar-refractivity contribution in [1.29, 1.82) is 0 Å². The number of fused-ring (bicyclic) bond motifs is 1. The van der Waals surface area contributed by atoms with Crippen LogP contribution in [0.2, 0.25) is 5.02 Å². The molecule has 1 saturated heterocycles. The fourth-order valence-corrected chi connectivity index (χ4v) is 3.85. The summed E-state index contributed by atoms with van der Waals surface area (Å²) in [4.78, 5) is 14.8. The molecule has 0 aliphatic carbocycles. The van der Waals surface area contributed by atoms with Gasteiger partial charge in [-0.25, -0.2) is 4.68 Å². The highest BCUT2D eigenvalue weighted by molar-refractivity contribution is 6.38. The molecule has 0 amide bonds. The topological polar surface area (TPSA) is 121 Å². The maximum absolute atomic E-state index is 11.0. The van der Waals surface area contributed by atoms with Crippen molar-refractivity contribution in [2.24, 2.45) is 0 Å². The number of anilines is 2. The number of nitro groups is 1. The maximum Gasteiger partial charge on any atom is 0.326 e. The number of halogens is 1. The van der Waals surface area contributed by atoms with Crippen molar-refractivity contribution in [1.82, 2.24) is 19.9 Å². The van der Waals surface area contributed by atoms with E-state index in [1.165, 1.54) is 12.1 Å². The van der Waals surface area contributed by atoms with Crippen LogP contribution in [0.3, 0.4) is 0 Å². The molecule has 1 aliphatic rings. The van der Waals surface area contributed by atoms with Crippen LogP contribution < -0.4 is 5.32 Å². The van der Waals surface area contributed by atoms with Crippen LogP contribution in [0.1, 0.15) is 25.5 Å². The summed E-state index contributed by atoms with van der Waals surface area (Å²) < 4.78 is 12.9. The summed E-state index contributed by atoms with van der Waals surface area (Å²) in [7, 11) is 0. The fraction of sp³-hybridized carbons (Fsp3) is 0.250. The average Bonchev–Trinajstić information content (AvgIpc) is 3.44. The number of benzene rings is 2. The molecule has 2 aromatic carbocycles. The monoisotopic (exact) mass is 440 g/mol. The zero-order valence-electron chi connectivity index (χ0n) is 16.2. The normalized spacial score (nSPS) is 16.5. The smallest absolute Gasteiger partial charge is 0.326 e. The molecule has 0 spiro atoms. The lowest BCUT2D eigenvalue weighted by Crippen LogP contribution is -2.18. The SMILES string of the molecule is O=[N+]([O-])c1cccc(-c2noc(Nc3ccc4c(cnn4C4CCCCO4)c3Cl)n2)c1. The highest BCUT2D eigenvalue weighted by atomic mass is 35.5. The molecule has 0 saturated carbocycles. The Hall–Kier alpha value is -3.50. The van der Waals surface area contributed by atoms with E-state index in [0.29, 0.717) is 16.3 Å². The van der Waals surface area contributed by atoms with Gasteiger partial charge in [-0.1, -0.05) is 28.9 Å². The Morgan fingerprint density at radius 1 is 1.26 bits per heavy atom. The fourth-order valence-electron chi connectivity index (χ4n) is 3.60. The molecule has 0 bridgehead atoms. The van der Waals surface area contributed by atoms with Gasteiger partial charge in [-0.05, 0) is 31.4 Å². The summed E-state index contributed by atoms with van der Waals surface area (Å²) in [6.07, 6.45) is 4.70. The van der Waals surface area contributed by atoms with Gasteiger partial charge in [0.1, 0.15) is 0 Å². The van der Waals surface area contributed by atoms with Gasteiger partial charge in [0.05, 0.1) is 27.3 Å². The van der Waals surface area contributed by atoms with Crippen LogP contribution in [-0.2, 0) is 4.74 Å². The van der Waals surface area contributed by atoms with Gasteiger partial charge in [-0.15, -0.1) is 0 Å². The van der Waals surface area contributed by atoms with Crippen molar-refractivity contribution < 1.29 is 14.2 Å². The first-order valence-electron chi connectivity index (χ1n) is 9.73. The van der Waals surface area contributed by atoms with Crippen LogP contribution in [0.4, 0.5) is 17.4 Å². The first kappa shape index (κ1) is 19.5. The van der Waals surface area contributed by atoms with Crippen molar-refractivity contribution in [2.45, 2.75) is 25.5 Å². The maximum atomic E-state index is 11.0. The summed E-state index contributed by atoms with van der Waals surface area (Å²) in [6, 6.07) is 9.85. The average molecular weight is 441 g/mol. The third kappa shape index (κ3) is 3.71. The van der Waals surface area contributed by atoms with Crippen LogP contribution in [0.5, 0.6) is 0 Å². The second kappa shape index (κ2) is 7.97. The van der Waals surface area contributed by atoms with E-state index in [1.54, 1.807) is 18.3 Å². The van der Waals surface area contributed by atoms with Crippen LogP contribution in [0.25, 0.3) is 22.3 Å². The van der Waals surface area contributed by atoms with Gasteiger partial charge in [0.15, 0.2) is 6.23 Å². The quantitative estimate of drug-likeness (QED) is 0.336. The Kier molecular flexibility index (Phi) is 5.00. The van der Waals surface area contributed by atoms with Gasteiger partial charge in [-0.2, -0.15) is 10.1 Å². The molecular formula is C20H17ClN6O4. The lowest BCUT2D eigenvalue weighted by atomic mass is 10.2. The van der Waals surface area contributed by atoms with Crippen molar-refractivity contribution in [3.8, 4) is 11.4 Å². The molecule has 10 nitrogen and oxygen atoms in total. The summed E-state index contributed by atoms with van der Waals surface area (Å²) in [5, 5.41) is 23.6. The highest BCUT2D eigenvalue weighted by Crippen LogP contribution is 2.35. The molecule has 0 radical (unpaired) electrons. The first-order chi connectivity index (χ1) is 15.1. The van der Waals surface area contributed by atoms with Gasteiger partial charge in [0.2, 0.25) is 5.82 Å². The summed E-state index contributed by atoms with van der Waals surface area (Å²) in [5.41, 5.74) is 1.88. The summed E-state index contributed by atoms with van der Waals surface area (Å²) in [5.74, 6) is 0.227. The van der Waals surface area contributed by atoms with Crippen molar-refractivity contribution in [3.63, 3.8) is 0 Å². The van der Waals surface area contributed by atoms with E-state index >= 15 is 0 Å². The molecule has 1 unspecified atom stereocenters. The molecule has 4 aromatic rings. The summed E-state index contributed by atoms with van der Waals surface area (Å²) >= 11 is 6.60. The predicted octanol–water partition coefficient (Wildman–Crippen LogP) is 5.09. The number of nitrogens with one attached hydrogen (secondary N) is 1. The number of nitrogens with zero attached hydrogens (tertiary/aromatic N) is 5. The first-order valence-corrected chi connectivity index (χ1v) is 10.1. The van der Waals surface area contributed by atoms with Gasteiger partial charge >= 0.3 is 6.01 Å². The van der Waals surface area contributed by atoms with Crippen molar-refractivity contribution in [3.05, 3.63) is 57.7 Å². The molecule has 2 aromatic heterocycles. The largest absolute Gasteiger partial charge is 0.356 e. The minimum atomic E-state index is -0.476. The van der Waals surface area contributed by atoms with Gasteiger partial charge < -0.3 is 14.6 Å². The van der Waals surface area contributed by atoms with E-state index in [-0.39, 0.29) is 23.8 Å². The van der Waals surface area contributed by atoms with E-state index in [2.05, 4.69) is 20.6 Å². The van der Waals surface area contributed by atoms with Crippen LogP contribution in [-0.4, -0.2) is 31.5 Å². The number of aromatic nitrogens is 4. The van der Waals surface area contributed by atoms with E-state index in [1.807, 2.05) is 16.8 Å². The molecule has 1 N–H and O–H groups in total. The molecule has 1 aliphatic heterocycles. The van der Waals surface area contributed by atoms with E-state index < -0.39 is 4.92 Å². The standard InChI is InChI=1S/C20H17ClN6O4/c21-18-14-11-22-26(17-6-1-2-9-30-17)16(14)8-7-15(18)23-20-24-19(25-31-20)12-4-3-5-13(10-12)27(28)29/h3-5,7-8,10-11,17H,1-2,6,9H2,(H,23,24,25). The second-order valence-electron chi connectivity index (χ2n) is 7.13. The highest BCUT2D eigenvalue weighted by Gasteiger charge is 2.20. The van der Waals surface area contributed by atoms with E-state index in [0.717, 1.165) is 36.8 Å². The predicted molar refractivity (Wildman–Crippen MR) is 113 cm³/mol. The summed E-state index contributed by atoms with van der Waals surface area (Å²) in [6.45, 7) is 0.726. The minimum Gasteiger partial charge on any atom is -0.356 e. The Balaban J connectivity index is 1.40. The number of ether oxygens (including phenoxy) is 1. The molecule has 5 rings (SSSR count). The molecule has 3 heterocycles. The van der Waals surface area contributed by atoms with Crippen molar-refractivity contribution in [2.75, 3.05) is 11.9 Å². The minimum absolute atomic E-state index is 0.0516. The van der Waals surface area contributed by atoms with Gasteiger partial charge in [0.25, 0.3) is 5.69 Å². The van der Waals surface area contributed by atoms with Crippen LogP contribution in [0, 0.1) is 10.1 Å². The van der Waals surface area contributed by atoms with Crippen LogP contribution in [0.15, 0.2) is 47.1 Å². The number of hydrogen-bond donors (Lipinski definition) is 1. The van der Waals surface area contributed by atoms with Crippen LogP contribution >= 0.6 is 11.6 Å². The zero-order chi connectivity index (χ0) is 21.4. The lowest BCUT2D eigenvalue weighted by Gasteiger charge is -2.23. The third-order valence-corrected chi connectivity index (χ3v) is 5.53. The van der Waals surface area contributed by atoms with Gasteiger partial charge in [0, 0.05) is 29.7 Å². The Bertz CT molecular complexity index is 1260. The molecule has 31 heavy (non-hydrogen) atoms. The van der Waals surface area contributed by atoms with Crippen molar-refractivity contribution >= 4 is 39.9 Å². The third-order valence-electron chi connectivity index (χ3n) is 5.13. The Morgan fingerprint density at radius 2 is 2.16 bits per heavy atom. The molecule has 158 valence electrons. The number of hydrogen-bond acceptors (Lipinski definition) is 8. The van der Waals surface area contributed by atoms with E-state index in [9.17, 15) is 10.1 Å². The molecule has 1 atom stereocenters. The van der Waals surface area contributed by atoms with Gasteiger partial charge in [-0.3, -0.25) is 10.1 Å². The van der Waals surface area contributed by atoms with E-state index in [4.69, 9.17) is 20.9 Å². The molecular weight excluding hydrogens is 424 g/mol.